The molecular formula is C19H20N4O2S. The maximum atomic E-state index is 12.6. The molecule has 7 heteroatoms. The first-order valence-corrected chi connectivity index (χ1v) is 9.69. The van der Waals surface area contributed by atoms with Gasteiger partial charge in [0.1, 0.15) is 16.5 Å². The van der Waals surface area contributed by atoms with Gasteiger partial charge < -0.3 is 10.1 Å². The molecule has 0 saturated carbocycles. The number of carbonyl (C=O) groups excluding carboxylic acids is 1. The summed E-state index contributed by atoms with van der Waals surface area (Å²) in [4.78, 5) is 17.0. The number of para-hydroxylation sites is 2. The molecule has 0 fully saturated rings. The third-order valence-electron chi connectivity index (χ3n) is 4.29. The van der Waals surface area contributed by atoms with Crippen molar-refractivity contribution in [3.63, 3.8) is 0 Å². The number of rotatable bonds is 0. The van der Waals surface area contributed by atoms with Crippen LogP contribution in [0.1, 0.15) is 36.2 Å². The van der Waals surface area contributed by atoms with Crippen molar-refractivity contribution >= 4 is 22.9 Å². The fraction of sp³-hybridized carbons (Fsp3) is 0.316. The van der Waals surface area contributed by atoms with Gasteiger partial charge in [-0.25, -0.2) is 4.98 Å². The van der Waals surface area contributed by atoms with Crippen LogP contribution in [0.3, 0.4) is 0 Å². The van der Waals surface area contributed by atoms with E-state index < -0.39 is 0 Å². The van der Waals surface area contributed by atoms with Gasteiger partial charge in [0.05, 0.1) is 18.5 Å². The predicted octanol–water partition coefficient (Wildman–Crippen LogP) is 4.21. The topological polar surface area (TPSA) is 69.0 Å². The van der Waals surface area contributed by atoms with Gasteiger partial charge in [-0.05, 0) is 31.4 Å². The van der Waals surface area contributed by atoms with Crippen molar-refractivity contribution in [2.45, 2.75) is 32.2 Å². The molecule has 0 saturated heterocycles. The molecular weight excluding hydrogens is 348 g/mol. The first-order valence-electron chi connectivity index (χ1n) is 8.81. The number of aromatic nitrogens is 3. The molecule has 26 heavy (non-hydrogen) atoms. The number of thiazole rings is 1. The molecule has 6 nitrogen and oxygen atoms in total. The molecule has 1 amide bonds. The van der Waals surface area contributed by atoms with Gasteiger partial charge in [0.2, 0.25) is 0 Å². The van der Waals surface area contributed by atoms with Crippen LogP contribution in [0.5, 0.6) is 5.75 Å². The summed E-state index contributed by atoms with van der Waals surface area (Å²) in [6.45, 7) is 1.53. The smallest absolute Gasteiger partial charge is 0.275 e. The van der Waals surface area contributed by atoms with Crippen molar-refractivity contribution in [2.24, 2.45) is 0 Å². The zero-order valence-electron chi connectivity index (χ0n) is 14.4. The van der Waals surface area contributed by atoms with E-state index in [0.717, 1.165) is 42.8 Å². The number of hydrogen-bond acceptors (Lipinski definition) is 5. The van der Waals surface area contributed by atoms with Gasteiger partial charge in [0.15, 0.2) is 0 Å². The fourth-order valence-electron chi connectivity index (χ4n) is 2.90. The molecule has 0 unspecified atom stereocenters. The minimum atomic E-state index is -0.236. The van der Waals surface area contributed by atoms with Crippen LogP contribution >= 0.6 is 11.3 Å². The van der Waals surface area contributed by atoms with Crippen LogP contribution in [-0.4, -0.2) is 27.3 Å². The first kappa shape index (κ1) is 16.8. The molecule has 0 atom stereocenters. The molecule has 4 bridgehead atoms. The average molecular weight is 368 g/mol. The molecule has 1 aliphatic rings. The highest BCUT2D eigenvalue weighted by Gasteiger charge is 2.15. The third-order valence-corrected chi connectivity index (χ3v) is 5.18. The average Bonchev–Trinajstić information content (AvgIpc) is 3.31. The maximum Gasteiger partial charge on any atom is 0.275 e. The molecule has 3 aromatic rings. The number of ether oxygens (including phenoxy) is 1. The van der Waals surface area contributed by atoms with E-state index in [1.54, 1.807) is 5.38 Å². The molecule has 3 heterocycles. The largest absolute Gasteiger partial charge is 0.491 e. The Bertz CT molecular complexity index is 902. The van der Waals surface area contributed by atoms with Crippen LogP contribution in [0.2, 0.25) is 0 Å². The molecule has 4 rings (SSSR count). The Kier molecular flexibility index (Phi) is 4.97. The lowest BCUT2D eigenvalue weighted by atomic mass is 10.2. The van der Waals surface area contributed by atoms with Crippen LogP contribution < -0.4 is 10.1 Å². The molecule has 2 aromatic heterocycles. The molecule has 134 valence electrons. The minimum Gasteiger partial charge on any atom is -0.491 e. The summed E-state index contributed by atoms with van der Waals surface area (Å²) in [5, 5.41) is 9.88. The Balaban J connectivity index is 1.62. The van der Waals surface area contributed by atoms with Crippen LogP contribution in [0.4, 0.5) is 5.69 Å². The van der Waals surface area contributed by atoms with Crippen LogP contribution in [0.15, 0.2) is 42.0 Å². The number of amides is 1. The monoisotopic (exact) mass is 368 g/mol. The summed E-state index contributed by atoms with van der Waals surface area (Å²) in [7, 11) is 0. The lowest BCUT2D eigenvalue weighted by Crippen LogP contribution is -2.13. The Labute approximate surface area is 155 Å². The summed E-state index contributed by atoms with van der Waals surface area (Å²) < 4.78 is 7.82. The van der Waals surface area contributed by atoms with Crippen LogP contribution in [0.25, 0.3) is 10.6 Å². The number of anilines is 1. The summed E-state index contributed by atoms with van der Waals surface area (Å²) in [6, 6.07) is 7.51. The van der Waals surface area contributed by atoms with Gasteiger partial charge in [-0.15, -0.1) is 11.3 Å². The van der Waals surface area contributed by atoms with Crippen molar-refractivity contribution in [1.29, 1.82) is 0 Å². The van der Waals surface area contributed by atoms with E-state index in [-0.39, 0.29) is 5.91 Å². The second kappa shape index (κ2) is 7.70. The van der Waals surface area contributed by atoms with E-state index in [9.17, 15) is 4.79 Å². The number of nitrogens with zero attached hydrogens (tertiary/aromatic N) is 3. The molecule has 1 N–H and O–H groups in total. The number of nitrogens with one attached hydrogen (secondary N) is 1. The lowest BCUT2D eigenvalue weighted by molar-refractivity contribution is 0.102. The zero-order chi connectivity index (χ0) is 17.8. The highest BCUT2D eigenvalue weighted by molar-refractivity contribution is 7.13. The van der Waals surface area contributed by atoms with Crippen molar-refractivity contribution in [1.82, 2.24) is 14.8 Å². The van der Waals surface area contributed by atoms with E-state index in [4.69, 9.17) is 4.74 Å². The van der Waals surface area contributed by atoms with E-state index in [0.29, 0.717) is 23.7 Å². The maximum absolute atomic E-state index is 12.6. The minimum absolute atomic E-state index is 0.236. The second-order valence-corrected chi connectivity index (χ2v) is 7.10. The molecule has 1 aromatic carbocycles. The SMILES string of the molecule is O=C1Nc2ccccc2OCCCCCCn2cc(cn2)-c2nc1cs2. The normalized spacial score (nSPS) is 15.5. The first-order chi connectivity index (χ1) is 12.8. The molecule has 0 aliphatic carbocycles. The van der Waals surface area contributed by atoms with Gasteiger partial charge in [-0.2, -0.15) is 5.10 Å². The summed E-state index contributed by atoms with van der Waals surface area (Å²) in [5.41, 5.74) is 2.02. The molecule has 1 aliphatic heterocycles. The number of carbonyl (C=O) groups is 1. The van der Waals surface area contributed by atoms with Crippen molar-refractivity contribution in [2.75, 3.05) is 11.9 Å². The Morgan fingerprint density at radius 3 is 3.00 bits per heavy atom. The lowest BCUT2D eigenvalue weighted by Gasteiger charge is -2.12. The Morgan fingerprint density at radius 2 is 2.04 bits per heavy atom. The highest BCUT2D eigenvalue weighted by atomic mass is 32.1. The standard InChI is InChI=1S/C19H20N4O2S/c24-18-16-13-26-19(22-16)14-11-20-23(12-14)9-5-1-2-6-10-25-17-8-4-3-7-15(17)21-18/h3-4,7-8,11-13H,1-2,5-6,9-10H2,(H,21,24). The van der Waals surface area contributed by atoms with Gasteiger partial charge in [0.25, 0.3) is 5.91 Å². The number of hydrogen-bond donors (Lipinski definition) is 1. The fourth-order valence-corrected chi connectivity index (χ4v) is 3.68. The van der Waals surface area contributed by atoms with E-state index in [1.807, 2.05) is 41.3 Å². The van der Waals surface area contributed by atoms with Crippen molar-refractivity contribution < 1.29 is 9.53 Å². The van der Waals surface area contributed by atoms with Crippen LogP contribution in [0, 0.1) is 0 Å². The number of aryl methyl sites for hydroxylation is 1. The second-order valence-electron chi connectivity index (χ2n) is 6.24. The zero-order valence-corrected chi connectivity index (χ0v) is 15.2. The Morgan fingerprint density at radius 1 is 1.15 bits per heavy atom. The van der Waals surface area contributed by atoms with Gasteiger partial charge in [0, 0.05) is 23.7 Å². The number of fused-ring (bicyclic) bond motifs is 6. The highest BCUT2D eigenvalue weighted by Crippen LogP contribution is 2.27. The Hall–Kier alpha value is -2.67. The van der Waals surface area contributed by atoms with E-state index >= 15 is 0 Å². The van der Waals surface area contributed by atoms with Crippen LogP contribution in [-0.2, 0) is 6.54 Å². The van der Waals surface area contributed by atoms with Crippen molar-refractivity contribution in [3.8, 4) is 16.3 Å². The van der Waals surface area contributed by atoms with Gasteiger partial charge in [-0.1, -0.05) is 18.6 Å². The third kappa shape index (κ3) is 3.77. The molecule has 0 radical (unpaired) electrons. The van der Waals surface area contributed by atoms with Crippen molar-refractivity contribution in [3.05, 3.63) is 47.7 Å². The van der Waals surface area contributed by atoms with Gasteiger partial charge in [-0.3, -0.25) is 9.48 Å². The van der Waals surface area contributed by atoms with E-state index in [1.165, 1.54) is 11.3 Å². The van der Waals surface area contributed by atoms with E-state index in [2.05, 4.69) is 15.4 Å². The molecule has 0 spiro atoms. The summed E-state index contributed by atoms with van der Waals surface area (Å²) in [5.74, 6) is 0.459. The summed E-state index contributed by atoms with van der Waals surface area (Å²) >= 11 is 1.45. The predicted molar refractivity (Wildman–Crippen MR) is 102 cm³/mol. The quantitative estimate of drug-likeness (QED) is 0.645. The summed E-state index contributed by atoms with van der Waals surface area (Å²) in [6.07, 6.45) is 8.13. The van der Waals surface area contributed by atoms with Gasteiger partial charge >= 0.3 is 0 Å². The number of benzene rings is 1.